The van der Waals surface area contributed by atoms with Crippen molar-refractivity contribution in [2.24, 2.45) is 0 Å². The van der Waals surface area contributed by atoms with Crippen LogP contribution in [0.3, 0.4) is 0 Å². The number of carboxylic acid groups (broad SMARTS) is 2. The molecule has 4 N–H and O–H groups in total. The molecule has 0 fully saturated rings. The number of aromatic carboxylic acids is 2. The van der Waals surface area contributed by atoms with Crippen molar-refractivity contribution in [3.63, 3.8) is 0 Å². The van der Waals surface area contributed by atoms with E-state index in [1.54, 1.807) is 24.3 Å². The van der Waals surface area contributed by atoms with Crippen molar-refractivity contribution < 1.29 is 66.1 Å². The van der Waals surface area contributed by atoms with Crippen LogP contribution < -0.4 is 48.5 Å². The van der Waals surface area contributed by atoms with Gasteiger partial charge >= 0.3 is 11.9 Å². The van der Waals surface area contributed by atoms with Gasteiger partial charge in [0, 0.05) is 53.8 Å². The van der Waals surface area contributed by atoms with E-state index in [9.17, 15) is 19.8 Å². The molecule has 0 heterocycles. The van der Waals surface area contributed by atoms with Gasteiger partial charge in [-0.25, -0.2) is 18.0 Å². The standard InChI is InChI=1S/C42H48N2O14S.Na/c1-43-41(25-11-13-33(53-5)31(19-25)39(45)46,17-15-29-35(55-7)21-27(51-3)22-36(29)56-8)59(49,50)42(44-2,26-12-14-34(54-6)32(20-26)40(47)48)18-16-30-37(57-9)23-28(52-4)24-38(30)58-10;/h11-24,43-44H,1-10H3,(H,45,46)(H,47,48);/b17-15+,18-16+;. The van der Waals surface area contributed by atoms with Crippen molar-refractivity contribution in [2.75, 3.05) is 71.0 Å². The number of carboxylic acids is 2. The van der Waals surface area contributed by atoms with Gasteiger partial charge in [-0.1, -0.05) is 12.1 Å². The minimum atomic E-state index is -5.04. The molecule has 16 nitrogen and oxygen atoms in total. The van der Waals surface area contributed by atoms with E-state index in [1.165, 1.54) is 132 Å². The van der Waals surface area contributed by atoms with Gasteiger partial charge in [0.1, 0.15) is 57.1 Å². The third kappa shape index (κ3) is 9.01. The second kappa shape index (κ2) is 20.7. The van der Waals surface area contributed by atoms with E-state index in [4.69, 9.17) is 37.9 Å². The molecule has 0 spiro atoms. The maximum absolute atomic E-state index is 16.3. The van der Waals surface area contributed by atoms with E-state index in [-0.39, 0.29) is 86.3 Å². The van der Waals surface area contributed by atoms with Crippen LogP contribution in [-0.2, 0) is 19.6 Å². The molecular formula is C42H48N2NaO14S. The number of nitrogens with one attached hydrogen (secondary N) is 2. The summed E-state index contributed by atoms with van der Waals surface area (Å²) in [6.45, 7) is 0. The average molecular weight is 860 g/mol. The predicted molar refractivity (Wildman–Crippen MR) is 226 cm³/mol. The maximum Gasteiger partial charge on any atom is 0.339 e. The Kier molecular flexibility index (Phi) is 16.9. The first kappa shape index (κ1) is 48.9. The number of likely N-dealkylation sites (N-methyl/N-ethyl adjacent to an activating group) is 2. The Balaban J connectivity index is 0.00000961. The number of hydrogen-bond acceptors (Lipinski definition) is 14. The van der Waals surface area contributed by atoms with Gasteiger partial charge in [-0.05, 0) is 73.8 Å². The van der Waals surface area contributed by atoms with Crippen LogP contribution in [0, 0.1) is 0 Å². The Labute approximate surface area is 371 Å². The number of sulfone groups is 1. The molecule has 60 heavy (non-hydrogen) atoms. The van der Waals surface area contributed by atoms with E-state index in [1.807, 2.05) is 0 Å². The first-order chi connectivity index (χ1) is 28.2. The molecule has 0 saturated heterocycles. The Hall–Kier alpha value is -5.43. The molecule has 2 atom stereocenters. The number of ether oxygens (including phenoxy) is 8. The van der Waals surface area contributed by atoms with Crippen LogP contribution in [0.15, 0.2) is 72.8 Å². The van der Waals surface area contributed by atoms with Crippen LogP contribution in [0.25, 0.3) is 12.2 Å². The second-order valence-corrected chi connectivity index (χ2v) is 14.8. The van der Waals surface area contributed by atoms with Gasteiger partial charge in [0.25, 0.3) is 0 Å². The summed E-state index contributed by atoms with van der Waals surface area (Å²) < 4.78 is 76.8. The molecular weight excluding hydrogens is 812 g/mol. The minimum Gasteiger partial charge on any atom is -0.496 e. The molecule has 0 amide bonds. The molecule has 4 aromatic carbocycles. The zero-order valence-electron chi connectivity index (χ0n) is 35.3. The molecule has 0 aliphatic rings. The van der Waals surface area contributed by atoms with E-state index in [0.29, 0.717) is 22.6 Å². The molecule has 4 aromatic rings. The van der Waals surface area contributed by atoms with Crippen molar-refractivity contribution in [2.45, 2.75) is 9.74 Å². The van der Waals surface area contributed by atoms with Crippen molar-refractivity contribution in [1.82, 2.24) is 10.6 Å². The third-order valence-corrected chi connectivity index (χ3v) is 12.6. The van der Waals surface area contributed by atoms with E-state index in [2.05, 4.69) is 10.6 Å². The summed E-state index contributed by atoms with van der Waals surface area (Å²) in [5, 5.41) is 26.5. The van der Waals surface area contributed by atoms with Crippen LogP contribution in [0.4, 0.5) is 0 Å². The maximum atomic E-state index is 16.3. The van der Waals surface area contributed by atoms with Crippen molar-refractivity contribution >= 4 is 63.5 Å². The topological polar surface area (TPSA) is 207 Å². The van der Waals surface area contributed by atoms with Gasteiger partial charge in [0.05, 0.1) is 68.0 Å². The molecule has 0 bridgehead atoms. The van der Waals surface area contributed by atoms with Gasteiger partial charge in [-0.15, -0.1) is 0 Å². The van der Waals surface area contributed by atoms with Crippen molar-refractivity contribution in [3.05, 3.63) is 106 Å². The molecule has 317 valence electrons. The Morgan fingerprint density at radius 2 is 0.817 bits per heavy atom. The Morgan fingerprint density at radius 3 is 1.05 bits per heavy atom. The summed E-state index contributed by atoms with van der Waals surface area (Å²) in [4.78, 5) is 20.5. The third-order valence-electron chi connectivity index (χ3n) is 9.78. The van der Waals surface area contributed by atoms with Crippen LogP contribution in [0.1, 0.15) is 43.0 Å². The number of hydrogen-bond donors (Lipinski definition) is 4. The predicted octanol–water partition coefficient (Wildman–Crippen LogP) is 5.06. The normalized spacial score (nSPS) is 13.4. The number of methoxy groups -OCH3 is 8. The monoisotopic (exact) mass is 859 g/mol. The molecule has 0 aromatic heterocycles. The summed E-state index contributed by atoms with van der Waals surface area (Å²) in [5.74, 6) is -1.08. The van der Waals surface area contributed by atoms with Gasteiger partial charge < -0.3 is 48.1 Å². The second-order valence-electron chi connectivity index (χ2n) is 12.5. The van der Waals surface area contributed by atoms with Crippen LogP contribution in [0.2, 0.25) is 0 Å². The molecule has 4 rings (SSSR count). The molecule has 0 aliphatic carbocycles. The zero-order valence-corrected chi connectivity index (χ0v) is 38.1. The van der Waals surface area contributed by atoms with Crippen LogP contribution in [0.5, 0.6) is 46.0 Å². The van der Waals surface area contributed by atoms with Crippen LogP contribution in [-0.4, -0.2) is 131 Å². The van der Waals surface area contributed by atoms with E-state index < -0.39 is 31.5 Å². The van der Waals surface area contributed by atoms with Crippen molar-refractivity contribution in [3.8, 4) is 46.0 Å². The fourth-order valence-electron chi connectivity index (χ4n) is 6.67. The zero-order chi connectivity index (χ0) is 43.7. The summed E-state index contributed by atoms with van der Waals surface area (Å²) in [6.07, 6.45) is 5.54. The smallest absolute Gasteiger partial charge is 0.339 e. The Morgan fingerprint density at radius 1 is 0.517 bits per heavy atom. The molecule has 2 unspecified atom stereocenters. The fourth-order valence-corrected chi connectivity index (χ4v) is 9.08. The summed E-state index contributed by atoms with van der Waals surface area (Å²) in [5.41, 5.74) is -0.226. The quantitative estimate of drug-likeness (QED) is 0.0858. The fraction of sp³-hybridized carbons (Fsp3) is 0.286. The minimum absolute atomic E-state index is 0. The van der Waals surface area contributed by atoms with E-state index >= 15 is 8.42 Å². The average Bonchev–Trinajstić information content (AvgIpc) is 3.25. The Bertz CT molecular complexity index is 2160. The van der Waals surface area contributed by atoms with Gasteiger partial charge in [-0.3, -0.25) is 10.6 Å². The number of carbonyl (C=O) groups is 2. The van der Waals surface area contributed by atoms with Crippen molar-refractivity contribution in [1.29, 1.82) is 0 Å². The first-order valence-corrected chi connectivity index (χ1v) is 19.1. The molecule has 18 heteroatoms. The molecule has 0 saturated carbocycles. The largest absolute Gasteiger partial charge is 0.496 e. The summed E-state index contributed by atoms with van der Waals surface area (Å²) in [7, 11) is 8.88. The summed E-state index contributed by atoms with van der Waals surface area (Å²) in [6, 6.07) is 14.2. The first-order valence-electron chi connectivity index (χ1n) is 17.6. The number of rotatable bonds is 20. The van der Waals surface area contributed by atoms with E-state index in [0.717, 1.165) is 0 Å². The molecule has 0 aliphatic heterocycles. The molecule has 1 radical (unpaired) electrons. The van der Waals surface area contributed by atoms with Crippen LogP contribution >= 0.6 is 0 Å². The van der Waals surface area contributed by atoms with Gasteiger partial charge in [0.15, 0.2) is 9.74 Å². The van der Waals surface area contributed by atoms with Gasteiger partial charge in [0.2, 0.25) is 9.84 Å². The SMILES string of the molecule is CNC(/C=C/c1c(OC)cc(OC)cc1OC)(c1ccc(OC)c(C(=O)O)c1)S(=O)(=O)C(/C=C/c1c(OC)cc(OC)cc1OC)(NC)c1ccc(OC)c(C(=O)O)c1.[Na]. The summed E-state index contributed by atoms with van der Waals surface area (Å²) >= 11 is 0. The van der Waals surface area contributed by atoms with Gasteiger partial charge in [-0.2, -0.15) is 0 Å². The number of benzene rings is 4.